The lowest BCUT2D eigenvalue weighted by molar-refractivity contribution is 0.143. The van der Waals surface area contributed by atoms with Gasteiger partial charge in [0.05, 0.1) is 11.3 Å². The first-order chi connectivity index (χ1) is 64.8. The number of nitrogens with zero attached hydrogens (tertiary/aromatic N) is 3. The molecule has 3 aliphatic carbocycles. The van der Waals surface area contributed by atoms with Crippen LogP contribution in [0.4, 0.5) is 0 Å². The molecule has 4 aliphatic rings. The molecule has 1 aromatic rings. The van der Waals surface area contributed by atoms with E-state index in [1.165, 1.54) is 713 Å². The van der Waals surface area contributed by atoms with Crippen molar-refractivity contribution >= 4 is 0 Å². The highest BCUT2D eigenvalue weighted by atomic mass is 15.1. The molecule has 762 valence electrons. The van der Waals surface area contributed by atoms with Gasteiger partial charge in [-0.3, -0.25) is 4.98 Å². The standard InChI is InChI=1S/C127H239N3/c128-120-125-111-108-116-129-127(125)124-114-117-130(118-115-124)121-126-119-122-109-106-104-102-100-98-96-94-92-90-88-86-84-82-80-78-76-74-72-70-68-66-64-62-60-58-56-54-52-50-48-46-44-42-40-38-36-34-32-30-28-26-24-22-20-18-16-14-12-10-8-6-4-2-1-3-5-7-9-11-13-15-17-19-21-23-25-27-29-31-33-35-37-39-41-43-45-47-49-51-53-55-57-59-61-63-65-67-69-71-73-75-77-79-81-83-85-87-89-91-93-95-97-99-101-103-105-107-110-123(126)113-112-122/h108,111-113,116,122-124,126H,1-107,109-110,114-115,117-119,121H2. The van der Waals surface area contributed by atoms with Crippen LogP contribution in [0.25, 0.3) is 0 Å². The summed E-state index contributed by atoms with van der Waals surface area (Å²) in [7, 11) is 0. The normalized spacial score (nSPS) is 25.3. The number of likely N-dealkylation sites (tertiary alicyclic amines) is 1. The maximum atomic E-state index is 9.83. The van der Waals surface area contributed by atoms with Crippen LogP contribution in [0.3, 0.4) is 0 Å². The number of allylic oxidation sites excluding steroid dienone is 2. The Morgan fingerprint density at radius 2 is 0.385 bits per heavy atom. The van der Waals surface area contributed by atoms with Crippen LogP contribution in [0.2, 0.25) is 0 Å². The average Bonchev–Trinajstić information content (AvgIpc) is 0.827. The topological polar surface area (TPSA) is 39.9 Å². The number of aromatic nitrogens is 1. The number of pyridine rings is 1. The second-order valence-electron chi connectivity index (χ2n) is 45.3. The number of nitriles is 1. The Kier molecular flexibility index (Phi) is 94.4. The molecule has 3 nitrogen and oxygen atoms in total. The summed E-state index contributed by atoms with van der Waals surface area (Å²) in [5, 5.41) is 9.83. The molecule has 0 radical (unpaired) electrons. The number of piperidine rings is 1. The largest absolute Gasteiger partial charge is 0.303 e. The number of rotatable bonds is 3. The van der Waals surface area contributed by atoms with Gasteiger partial charge in [0.25, 0.3) is 0 Å². The van der Waals surface area contributed by atoms with E-state index < -0.39 is 0 Å². The van der Waals surface area contributed by atoms with Gasteiger partial charge in [0.15, 0.2) is 0 Å². The Bertz CT molecular complexity index is 2330. The van der Waals surface area contributed by atoms with Gasteiger partial charge in [-0.15, -0.1) is 0 Å². The highest BCUT2D eigenvalue weighted by molar-refractivity contribution is 5.35. The maximum absolute atomic E-state index is 9.83. The second-order valence-corrected chi connectivity index (χ2v) is 45.3. The van der Waals surface area contributed by atoms with Crippen molar-refractivity contribution in [1.29, 1.82) is 5.26 Å². The van der Waals surface area contributed by atoms with Crippen LogP contribution in [0.5, 0.6) is 0 Å². The van der Waals surface area contributed by atoms with Crippen molar-refractivity contribution in [2.75, 3.05) is 19.6 Å². The van der Waals surface area contributed by atoms with Crippen molar-refractivity contribution in [1.82, 2.24) is 9.88 Å². The van der Waals surface area contributed by atoms with Gasteiger partial charge >= 0.3 is 0 Å². The van der Waals surface area contributed by atoms with Gasteiger partial charge in [-0.25, -0.2) is 0 Å². The summed E-state index contributed by atoms with van der Waals surface area (Å²) in [6.07, 6.45) is 173. The molecule has 2 fully saturated rings. The maximum Gasteiger partial charge on any atom is 0.101 e. The molecule has 0 amide bonds. The Morgan fingerprint density at radius 1 is 0.215 bits per heavy atom. The van der Waals surface area contributed by atoms with Gasteiger partial charge in [-0.1, -0.05) is 699 Å². The third-order valence-electron chi connectivity index (χ3n) is 32.9. The van der Waals surface area contributed by atoms with E-state index in [-0.39, 0.29) is 0 Å². The summed E-state index contributed by atoms with van der Waals surface area (Å²) in [5.41, 5.74) is 1.84. The molecule has 2 bridgehead atoms. The van der Waals surface area contributed by atoms with Crippen LogP contribution in [-0.4, -0.2) is 29.5 Å². The van der Waals surface area contributed by atoms with Crippen LogP contribution >= 0.6 is 0 Å². The summed E-state index contributed by atoms with van der Waals surface area (Å²) in [5.74, 6) is 2.76. The Hall–Kier alpha value is -1.66. The van der Waals surface area contributed by atoms with E-state index in [4.69, 9.17) is 4.98 Å². The van der Waals surface area contributed by atoms with Crippen LogP contribution in [0, 0.1) is 29.1 Å². The quantitative estimate of drug-likeness (QED) is 0.283. The zero-order valence-corrected chi connectivity index (χ0v) is 89.4. The molecule has 0 spiro atoms. The fourth-order valence-corrected chi connectivity index (χ4v) is 23.8. The molecule has 1 aromatic heterocycles. The highest BCUT2D eigenvalue weighted by Crippen LogP contribution is 2.38. The molecule has 1 saturated carbocycles. The van der Waals surface area contributed by atoms with E-state index in [0.29, 0.717) is 5.92 Å². The van der Waals surface area contributed by atoms with E-state index in [1.54, 1.807) is 0 Å². The number of fused-ring (bicyclic) bond motifs is 109. The van der Waals surface area contributed by atoms with Crippen LogP contribution < -0.4 is 0 Å². The summed E-state index contributed by atoms with van der Waals surface area (Å²) >= 11 is 0. The zero-order chi connectivity index (χ0) is 91.3. The zero-order valence-electron chi connectivity index (χ0n) is 89.4. The van der Waals surface area contributed by atoms with Gasteiger partial charge in [0.1, 0.15) is 6.07 Å². The molecule has 130 heavy (non-hydrogen) atoms. The molecule has 2 heterocycles. The predicted octanol–water partition coefficient (Wildman–Crippen LogP) is 45.5. The van der Waals surface area contributed by atoms with E-state index in [0.717, 1.165) is 54.9 Å². The average molecular weight is 1810 g/mol. The van der Waals surface area contributed by atoms with E-state index >= 15 is 0 Å². The van der Waals surface area contributed by atoms with Crippen molar-refractivity contribution in [3.8, 4) is 6.07 Å². The molecule has 3 atom stereocenters. The fraction of sp³-hybridized carbons (Fsp3) is 0.937. The summed E-state index contributed by atoms with van der Waals surface area (Å²) in [6.45, 7) is 3.58. The monoisotopic (exact) mass is 1810 g/mol. The van der Waals surface area contributed by atoms with Crippen LogP contribution in [0.1, 0.15) is 736 Å². The van der Waals surface area contributed by atoms with E-state index in [9.17, 15) is 5.26 Å². The van der Waals surface area contributed by atoms with Crippen LogP contribution in [0.15, 0.2) is 30.5 Å². The Balaban J connectivity index is 0.952. The minimum Gasteiger partial charge on any atom is -0.303 e. The minimum absolute atomic E-state index is 0.431. The molecule has 3 heteroatoms. The van der Waals surface area contributed by atoms with E-state index in [2.05, 4.69) is 23.1 Å². The van der Waals surface area contributed by atoms with Gasteiger partial charge < -0.3 is 4.90 Å². The second kappa shape index (κ2) is 102. The third kappa shape index (κ3) is 83.3. The first-order valence-corrected chi connectivity index (χ1v) is 62.6. The van der Waals surface area contributed by atoms with Crippen molar-refractivity contribution in [2.45, 2.75) is 725 Å². The molecule has 5 rings (SSSR count). The Morgan fingerprint density at radius 3 is 0.562 bits per heavy atom. The molecule has 0 aromatic carbocycles. The van der Waals surface area contributed by atoms with Crippen molar-refractivity contribution in [2.24, 2.45) is 17.8 Å². The minimum atomic E-state index is 0.431. The lowest BCUT2D eigenvalue weighted by Crippen LogP contribution is -2.39. The smallest absolute Gasteiger partial charge is 0.101 e. The lowest BCUT2D eigenvalue weighted by atomic mass is 9.75. The Labute approximate surface area is 820 Å². The van der Waals surface area contributed by atoms with Crippen molar-refractivity contribution < 1.29 is 0 Å². The first-order valence-electron chi connectivity index (χ1n) is 62.6. The highest BCUT2D eigenvalue weighted by Gasteiger charge is 2.31. The molecule has 3 unspecified atom stereocenters. The summed E-state index contributed by atoms with van der Waals surface area (Å²) < 4.78 is 0. The van der Waals surface area contributed by atoms with Crippen molar-refractivity contribution in [3.05, 3.63) is 41.7 Å². The predicted molar refractivity (Wildman–Crippen MR) is 585 cm³/mol. The molecule has 1 aliphatic heterocycles. The molecule has 0 N–H and O–H groups in total. The molecule has 1 saturated heterocycles. The fourth-order valence-electron chi connectivity index (χ4n) is 23.8. The number of hydrogen-bond acceptors (Lipinski definition) is 3. The van der Waals surface area contributed by atoms with Crippen LogP contribution in [-0.2, 0) is 0 Å². The van der Waals surface area contributed by atoms with Gasteiger partial charge in [0, 0.05) is 18.7 Å². The SMILES string of the molecule is N#Cc1cccnc1C1CCN(CC2CC3C=CC2CCCCCCCCCCCCCCCCCCCCCCCCCCCCCCCCCCCCCCCCCCCCCCCCCCCCCCCCCCCCCCCCCCCCCCCCCCCCCCCCCCCCCCCCCCCCCCCCCCCCCCCCCCCCC3)CC1. The van der Waals surface area contributed by atoms with Gasteiger partial charge in [-0.05, 0) is 75.1 Å². The van der Waals surface area contributed by atoms with Gasteiger partial charge in [-0.2, -0.15) is 5.26 Å². The summed E-state index contributed by atoms with van der Waals surface area (Å²) in [4.78, 5) is 7.53. The lowest BCUT2D eigenvalue weighted by Gasteiger charge is -2.39. The number of hydrogen-bond donors (Lipinski definition) is 0. The molecular weight excluding hydrogens is 1570 g/mol. The first kappa shape index (κ1) is 121. The third-order valence-corrected chi connectivity index (χ3v) is 32.9. The van der Waals surface area contributed by atoms with Gasteiger partial charge in [0.2, 0.25) is 0 Å². The van der Waals surface area contributed by atoms with Crippen molar-refractivity contribution in [3.63, 3.8) is 0 Å². The summed E-state index contributed by atoms with van der Waals surface area (Å²) in [6, 6.07) is 6.34. The van der Waals surface area contributed by atoms with E-state index in [1.807, 2.05) is 18.3 Å². The molecular formula is C127H239N3.